The van der Waals surface area contributed by atoms with Crippen molar-refractivity contribution in [2.45, 2.75) is 0 Å². The number of hydrogen-bond donors (Lipinski definition) is 1. The highest BCUT2D eigenvalue weighted by Crippen LogP contribution is 2.10. The molecule has 0 bridgehead atoms. The first kappa shape index (κ1) is 24.2. The van der Waals surface area contributed by atoms with E-state index in [0.717, 1.165) is 64.3 Å². The first-order valence-electron chi connectivity index (χ1n) is 10.8. The molecule has 2 aromatic rings. The van der Waals surface area contributed by atoms with Crippen molar-refractivity contribution in [2.75, 3.05) is 77.4 Å². The van der Waals surface area contributed by atoms with E-state index in [1.165, 1.54) is 6.26 Å². The molecule has 1 amide bonds. The maximum absolute atomic E-state index is 12.4. The first-order chi connectivity index (χ1) is 15.2. The smallest absolute Gasteiger partial charge is 0.289 e. The van der Waals surface area contributed by atoms with E-state index in [-0.39, 0.29) is 29.9 Å². The Balaban J connectivity index is 0.00000289. The summed E-state index contributed by atoms with van der Waals surface area (Å²) in [5, 5.41) is 3.47. The molecule has 0 aromatic carbocycles. The van der Waals surface area contributed by atoms with Crippen LogP contribution in [-0.4, -0.2) is 109 Å². The number of piperazine rings is 2. The molecule has 2 aliphatic heterocycles. The highest BCUT2D eigenvalue weighted by molar-refractivity contribution is 14.0. The van der Waals surface area contributed by atoms with E-state index in [4.69, 9.17) is 4.42 Å². The van der Waals surface area contributed by atoms with Gasteiger partial charge in [0.2, 0.25) is 5.95 Å². The summed E-state index contributed by atoms with van der Waals surface area (Å²) in [5.41, 5.74) is 0. The van der Waals surface area contributed by atoms with Crippen LogP contribution in [-0.2, 0) is 0 Å². The highest BCUT2D eigenvalue weighted by Gasteiger charge is 2.25. The molecular formula is C21H31IN8O2. The van der Waals surface area contributed by atoms with Gasteiger partial charge in [-0.1, -0.05) is 0 Å². The Morgan fingerprint density at radius 2 is 1.72 bits per heavy atom. The lowest BCUT2D eigenvalue weighted by molar-refractivity contribution is 0.0657. The third-order valence-electron chi connectivity index (χ3n) is 5.73. The number of aliphatic imine (C=N–C) groups is 1. The predicted octanol–water partition coefficient (Wildman–Crippen LogP) is 0.843. The van der Waals surface area contributed by atoms with Crippen molar-refractivity contribution in [2.24, 2.45) is 4.99 Å². The van der Waals surface area contributed by atoms with Crippen molar-refractivity contribution in [1.82, 2.24) is 30.0 Å². The number of anilines is 1. The second-order valence-corrected chi connectivity index (χ2v) is 7.61. The molecule has 0 spiro atoms. The van der Waals surface area contributed by atoms with Crippen molar-refractivity contribution >= 4 is 41.8 Å². The number of guanidine groups is 1. The van der Waals surface area contributed by atoms with Crippen molar-refractivity contribution in [3.8, 4) is 0 Å². The molecule has 0 saturated carbocycles. The van der Waals surface area contributed by atoms with Crippen LogP contribution in [0, 0.1) is 0 Å². The quantitative estimate of drug-likeness (QED) is 0.331. The van der Waals surface area contributed by atoms with Gasteiger partial charge in [-0.3, -0.25) is 14.7 Å². The largest absolute Gasteiger partial charge is 0.459 e. The molecule has 2 fully saturated rings. The molecule has 4 rings (SSSR count). The van der Waals surface area contributed by atoms with Gasteiger partial charge in [0.1, 0.15) is 0 Å². The summed E-state index contributed by atoms with van der Waals surface area (Å²) in [7, 11) is 1.81. The van der Waals surface area contributed by atoms with Gasteiger partial charge in [0.25, 0.3) is 5.91 Å². The minimum absolute atomic E-state index is 0. The number of furan rings is 1. The molecule has 0 radical (unpaired) electrons. The predicted molar refractivity (Wildman–Crippen MR) is 134 cm³/mol. The third kappa shape index (κ3) is 6.09. The Bertz CT molecular complexity index is 848. The molecule has 10 nitrogen and oxygen atoms in total. The molecule has 11 heteroatoms. The highest BCUT2D eigenvalue weighted by atomic mass is 127. The van der Waals surface area contributed by atoms with Crippen LogP contribution in [0.2, 0.25) is 0 Å². The summed E-state index contributed by atoms with van der Waals surface area (Å²) in [6, 6.07) is 5.29. The number of rotatable bonds is 5. The van der Waals surface area contributed by atoms with Crippen LogP contribution in [0.5, 0.6) is 0 Å². The lowest BCUT2D eigenvalue weighted by Gasteiger charge is -2.37. The van der Waals surface area contributed by atoms with Crippen molar-refractivity contribution in [1.29, 1.82) is 0 Å². The van der Waals surface area contributed by atoms with E-state index in [2.05, 4.69) is 35.0 Å². The number of carbonyl (C=O) groups is 1. The molecule has 2 aromatic heterocycles. The van der Waals surface area contributed by atoms with Crippen molar-refractivity contribution < 1.29 is 9.21 Å². The first-order valence-corrected chi connectivity index (χ1v) is 10.8. The van der Waals surface area contributed by atoms with E-state index in [1.807, 2.05) is 11.0 Å². The van der Waals surface area contributed by atoms with E-state index < -0.39 is 0 Å². The summed E-state index contributed by atoms with van der Waals surface area (Å²) < 4.78 is 5.23. The molecule has 0 unspecified atom stereocenters. The number of nitrogens with one attached hydrogen (secondary N) is 1. The minimum Gasteiger partial charge on any atom is -0.459 e. The zero-order valence-corrected chi connectivity index (χ0v) is 20.7. The maximum atomic E-state index is 12.4. The summed E-state index contributed by atoms with van der Waals surface area (Å²) in [6.07, 6.45) is 5.11. The van der Waals surface area contributed by atoms with Crippen molar-refractivity contribution in [3.05, 3.63) is 42.6 Å². The topological polar surface area (TPSA) is 93.3 Å². The molecule has 0 atom stereocenters. The van der Waals surface area contributed by atoms with E-state index in [9.17, 15) is 4.79 Å². The summed E-state index contributed by atoms with van der Waals surface area (Å²) in [4.78, 5) is 34.2. The van der Waals surface area contributed by atoms with Crippen LogP contribution in [0.3, 0.4) is 0 Å². The lowest BCUT2D eigenvalue weighted by atomic mass is 10.3. The summed E-state index contributed by atoms with van der Waals surface area (Å²) in [6.45, 7) is 8.46. The van der Waals surface area contributed by atoms with Gasteiger partial charge < -0.3 is 24.4 Å². The van der Waals surface area contributed by atoms with Gasteiger partial charge in [0.05, 0.1) is 6.26 Å². The number of nitrogens with zero attached hydrogens (tertiary/aromatic N) is 7. The van der Waals surface area contributed by atoms with Crippen LogP contribution in [0.4, 0.5) is 5.95 Å². The number of carbonyl (C=O) groups excluding carboxylic acids is 1. The van der Waals surface area contributed by atoms with Gasteiger partial charge in [-0.2, -0.15) is 0 Å². The van der Waals surface area contributed by atoms with Gasteiger partial charge >= 0.3 is 0 Å². The number of aromatic nitrogens is 2. The number of amides is 1. The zero-order valence-electron chi connectivity index (χ0n) is 18.4. The van der Waals surface area contributed by atoms with Gasteiger partial charge in [-0.15, -0.1) is 24.0 Å². The van der Waals surface area contributed by atoms with E-state index in [0.29, 0.717) is 18.8 Å². The Morgan fingerprint density at radius 1 is 1.03 bits per heavy atom. The Hall–Kier alpha value is -2.41. The zero-order chi connectivity index (χ0) is 21.5. The van der Waals surface area contributed by atoms with E-state index in [1.54, 1.807) is 31.6 Å². The maximum Gasteiger partial charge on any atom is 0.289 e. The molecule has 0 aliphatic carbocycles. The standard InChI is InChI=1S/C21H30N8O2.HI/c1-22-20(28-15-13-27(14-16-28)19(30)18-4-2-17-31-18)25-7-8-26-9-11-29(12-10-26)21-23-5-3-6-24-21;/h2-6,17H,7-16H2,1H3,(H,22,25);1H. The molecule has 1 N–H and O–H groups in total. The fourth-order valence-electron chi connectivity index (χ4n) is 3.96. The third-order valence-corrected chi connectivity index (χ3v) is 5.73. The normalized spacial score (nSPS) is 17.8. The Morgan fingerprint density at radius 3 is 2.34 bits per heavy atom. The molecule has 2 saturated heterocycles. The molecule has 174 valence electrons. The van der Waals surface area contributed by atoms with Crippen molar-refractivity contribution in [3.63, 3.8) is 0 Å². The van der Waals surface area contributed by atoms with Crippen LogP contribution < -0.4 is 10.2 Å². The van der Waals surface area contributed by atoms with Crippen LogP contribution in [0.15, 0.2) is 46.3 Å². The van der Waals surface area contributed by atoms with Crippen LogP contribution >= 0.6 is 24.0 Å². The summed E-state index contributed by atoms with van der Waals surface area (Å²) in [5.74, 6) is 2.05. The van der Waals surface area contributed by atoms with Gasteiger partial charge in [0.15, 0.2) is 11.7 Å². The number of hydrogen-bond acceptors (Lipinski definition) is 7. The average molecular weight is 554 g/mol. The lowest BCUT2D eigenvalue weighted by Crippen LogP contribution is -2.55. The van der Waals surface area contributed by atoms with E-state index >= 15 is 0 Å². The summed E-state index contributed by atoms with van der Waals surface area (Å²) >= 11 is 0. The van der Waals surface area contributed by atoms with Gasteiger partial charge in [-0.05, 0) is 18.2 Å². The van der Waals surface area contributed by atoms with Gasteiger partial charge in [0, 0.05) is 84.9 Å². The SMILES string of the molecule is CN=C(NCCN1CCN(c2ncccn2)CC1)N1CCN(C(=O)c2ccco2)CC1.I. The fraction of sp³-hybridized carbons (Fsp3) is 0.524. The number of halogens is 1. The Kier molecular flexibility index (Phi) is 9.09. The van der Waals surface area contributed by atoms with Crippen LogP contribution in [0.1, 0.15) is 10.6 Å². The Labute approximate surface area is 205 Å². The molecular weight excluding hydrogens is 523 g/mol. The second-order valence-electron chi connectivity index (χ2n) is 7.61. The second kappa shape index (κ2) is 12.0. The molecule has 32 heavy (non-hydrogen) atoms. The fourth-order valence-corrected chi connectivity index (χ4v) is 3.96. The monoisotopic (exact) mass is 554 g/mol. The van der Waals surface area contributed by atoms with Gasteiger partial charge in [-0.25, -0.2) is 9.97 Å². The minimum atomic E-state index is -0.0485. The average Bonchev–Trinajstić information content (AvgIpc) is 3.38. The van der Waals surface area contributed by atoms with Crippen LogP contribution in [0.25, 0.3) is 0 Å². The molecule has 2 aliphatic rings. The molecule has 4 heterocycles.